The predicted molar refractivity (Wildman–Crippen MR) is 91.2 cm³/mol. The fourth-order valence-electron chi connectivity index (χ4n) is 4.83. The van der Waals surface area contributed by atoms with E-state index >= 15 is 0 Å². The number of amides is 1. The second-order valence-corrected chi connectivity index (χ2v) is 7.78. The fourth-order valence-corrected chi connectivity index (χ4v) is 4.95. The van der Waals surface area contributed by atoms with Crippen molar-refractivity contribution in [3.63, 3.8) is 0 Å². The second-order valence-electron chi connectivity index (χ2n) is 7.37. The lowest BCUT2D eigenvalue weighted by atomic mass is 9.81. The Morgan fingerprint density at radius 1 is 1.36 bits per heavy atom. The number of fused-ring (bicyclic) bond motifs is 1. The second kappa shape index (κ2) is 5.95. The summed E-state index contributed by atoms with van der Waals surface area (Å²) in [7, 11) is 0. The minimum absolute atomic E-state index is 0.0303. The summed E-state index contributed by atoms with van der Waals surface area (Å²) in [6, 6.07) is 4.05. The van der Waals surface area contributed by atoms with Crippen LogP contribution in [0.2, 0.25) is 5.02 Å². The topological polar surface area (TPSA) is 60.9 Å². The van der Waals surface area contributed by atoms with Gasteiger partial charge in [-0.15, -0.1) is 0 Å². The average Bonchev–Trinajstić information content (AvgIpc) is 3.22. The van der Waals surface area contributed by atoms with Crippen molar-refractivity contribution in [1.29, 1.82) is 0 Å². The molecule has 1 aromatic rings. The maximum Gasteiger partial charge on any atom is 0.311 e. The van der Waals surface area contributed by atoms with Gasteiger partial charge in [-0.3, -0.25) is 14.5 Å². The van der Waals surface area contributed by atoms with Crippen molar-refractivity contribution in [3.8, 4) is 0 Å². The number of aliphatic carboxylic acids is 1. The highest BCUT2D eigenvalue weighted by atomic mass is 35.5. The minimum atomic E-state index is -0.737. The monoisotopic (exact) mass is 366 g/mol. The van der Waals surface area contributed by atoms with E-state index in [1.807, 2.05) is 4.90 Å². The Balaban J connectivity index is 1.53. The van der Waals surface area contributed by atoms with Gasteiger partial charge >= 0.3 is 5.97 Å². The van der Waals surface area contributed by atoms with Crippen molar-refractivity contribution >= 4 is 29.2 Å². The average molecular weight is 367 g/mol. The molecule has 134 valence electrons. The van der Waals surface area contributed by atoms with E-state index in [9.17, 15) is 19.1 Å². The lowest BCUT2D eigenvalue weighted by Gasteiger charge is -2.26. The van der Waals surface area contributed by atoms with Gasteiger partial charge in [0.15, 0.2) is 0 Å². The zero-order valence-electron chi connectivity index (χ0n) is 13.8. The van der Waals surface area contributed by atoms with Crippen LogP contribution in [0.1, 0.15) is 25.7 Å². The zero-order chi connectivity index (χ0) is 17.8. The van der Waals surface area contributed by atoms with Crippen LogP contribution in [0.15, 0.2) is 18.2 Å². The van der Waals surface area contributed by atoms with Gasteiger partial charge in [0, 0.05) is 25.3 Å². The molecule has 0 radical (unpaired) electrons. The fraction of sp³-hybridized carbons (Fsp3) is 0.556. The molecule has 2 heterocycles. The molecule has 3 aliphatic rings. The molecule has 2 aliphatic heterocycles. The smallest absolute Gasteiger partial charge is 0.311 e. The van der Waals surface area contributed by atoms with Crippen molar-refractivity contribution in [2.24, 2.45) is 11.3 Å². The van der Waals surface area contributed by atoms with Gasteiger partial charge in [-0.1, -0.05) is 18.0 Å². The molecule has 1 saturated carbocycles. The van der Waals surface area contributed by atoms with Crippen LogP contribution in [0.3, 0.4) is 0 Å². The predicted octanol–water partition coefficient (Wildman–Crippen LogP) is 2.77. The highest BCUT2D eigenvalue weighted by Gasteiger charge is 2.57. The lowest BCUT2D eigenvalue weighted by molar-refractivity contribution is -0.149. The number of carbonyl (C=O) groups excluding carboxylic acids is 1. The first-order valence-corrected chi connectivity index (χ1v) is 9.04. The van der Waals surface area contributed by atoms with Crippen molar-refractivity contribution < 1.29 is 19.1 Å². The number of carboxylic acids is 1. The van der Waals surface area contributed by atoms with E-state index in [-0.39, 0.29) is 22.9 Å². The maximum atomic E-state index is 13.7. The third kappa shape index (κ3) is 2.54. The van der Waals surface area contributed by atoms with E-state index in [1.54, 1.807) is 11.0 Å². The van der Waals surface area contributed by atoms with E-state index in [2.05, 4.69) is 0 Å². The molecule has 0 bridgehead atoms. The number of carbonyl (C=O) groups is 2. The Hall–Kier alpha value is -1.66. The number of anilines is 1. The van der Waals surface area contributed by atoms with Crippen molar-refractivity contribution in [3.05, 3.63) is 29.0 Å². The van der Waals surface area contributed by atoms with Crippen molar-refractivity contribution in [1.82, 2.24) is 4.90 Å². The normalized spacial score (nSPS) is 32.4. The van der Waals surface area contributed by atoms with E-state index in [4.69, 9.17) is 11.6 Å². The number of carboxylic acid groups (broad SMARTS) is 1. The number of likely N-dealkylation sites (tertiary alicyclic amines) is 1. The standard InChI is InChI=1S/C18H20ClFN2O3/c19-13-4-3-12(8-14(13)20)22-7-5-15(16(22)23)21-9-11-2-1-6-18(11,10-21)17(24)25/h3-4,8,11,15H,1-2,5-7,9-10H2,(H,24,25)/t11-,15?,18+/m0/s1. The first kappa shape index (κ1) is 16.8. The molecule has 4 rings (SSSR count). The van der Waals surface area contributed by atoms with Gasteiger partial charge in [0.2, 0.25) is 5.91 Å². The number of halogens is 2. The van der Waals surface area contributed by atoms with Crippen LogP contribution in [-0.2, 0) is 9.59 Å². The van der Waals surface area contributed by atoms with Crippen LogP contribution in [0.25, 0.3) is 0 Å². The summed E-state index contributed by atoms with van der Waals surface area (Å²) in [5.41, 5.74) is -0.193. The van der Waals surface area contributed by atoms with Gasteiger partial charge in [0.25, 0.3) is 0 Å². The molecule has 7 heteroatoms. The lowest BCUT2D eigenvalue weighted by Crippen LogP contribution is -2.43. The Morgan fingerprint density at radius 3 is 2.84 bits per heavy atom. The van der Waals surface area contributed by atoms with Gasteiger partial charge in [0.05, 0.1) is 16.5 Å². The Kier molecular flexibility index (Phi) is 4.00. The molecule has 1 amide bonds. The van der Waals surface area contributed by atoms with Crippen molar-refractivity contribution in [2.45, 2.75) is 31.7 Å². The zero-order valence-corrected chi connectivity index (χ0v) is 14.5. The number of hydrogen-bond donors (Lipinski definition) is 1. The quantitative estimate of drug-likeness (QED) is 0.893. The summed E-state index contributed by atoms with van der Waals surface area (Å²) in [6.45, 7) is 1.60. The summed E-state index contributed by atoms with van der Waals surface area (Å²) < 4.78 is 13.7. The highest BCUT2D eigenvalue weighted by molar-refractivity contribution is 6.30. The first-order chi connectivity index (χ1) is 11.9. The molecule has 3 atom stereocenters. The molecular formula is C18H20ClFN2O3. The molecule has 0 spiro atoms. The molecule has 25 heavy (non-hydrogen) atoms. The largest absolute Gasteiger partial charge is 0.481 e. The first-order valence-electron chi connectivity index (χ1n) is 8.66. The molecule has 1 unspecified atom stereocenters. The van der Waals surface area contributed by atoms with Crippen LogP contribution in [0, 0.1) is 17.2 Å². The number of hydrogen-bond acceptors (Lipinski definition) is 3. The number of benzene rings is 1. The third-order valence-corrected chi connectivity index (χ3v) is 6.46. The van der Waals surface area contributed by atoms with E-state index < -0.39 is 17.2 Å². The van der Waals surface area contributed by atoms with Gasteiger partial charge in [-0.25, -0.2) is 4.39 Å². The van der Waals surface area contributed by atoms with Gasteiger partial charge in [-0.2, -0.15) is 0 Å². The molecule has 0 aromatic heterocycles. The molecule has 1 aromatic carbocycles. The Labute approximate surface area is 150 Å². The molecule has 1 N–H and O–H groups in total. The van der Waals surface area contributed by atoms with Gasteiger partial charge in [0.1, 0.15) is 5.82 Å². The molecule has 3 fully saturated rings. The molecular weight excluding hydrogens is 347 g/mol. The van der Waals surface area contributed by atoms with Crippen LogP contribution in [-0.4, -0.2) is 47.6 Å². The Bertz CT molecular complexity index is 743. The van der Waals surface area contributed by atoms with E-state index in [0.29, 0.717) is 38.2 Å². The summed E-state index contributed by atoms with van der Waals surface area (Å²) in [5, 5.41) is 9.74. The van der Waals surface area contributed by atoms with E-state index in [1.165, 1.54) is 12.1 Å². The third-order valence-electron chi connectivity index (χ3n) is 6.16. The Morgan fingerprint density at radius 2 is 2.16 bits per heavy atom. The summed E-state index contributed by atoms with van der Waals surface area (Å²) in [4.78, 5) is 28.3. The molecule has 5 nitrogen and oxygen atoms in total. The number of rotatable bonds is 3. The van der Waals surface area contributed by atoms with Crippen LogP contribution >= 0.6 is 11.6 Å². The van der Waals surface area contributed by atoms with Crippen molar-refractivity contribution in [2.75, 3.05) is 24.5 Å². The van der Waals surface area contributed by atoms with Crippen LogP contribution in [0.4, 0.5) is 10.1 Å². The highest BCUT2D eigenvalue weighted by Crippen LogP contribution is 2.50. The minimum Gasteiger partial charge on any atom is -0.481 e. The molecule has 2 saturated heterocycles. The van der Waals surface area contributed by atoms with E-state index in [0.717, 1.165) is 12.8 Å². The van der Waals surface area contributed by atoms with Crippen LogP contribution in [0.5, 0.6) is 0 Å². The van der Waals surface area contributed by atoms with Gasteiger partial charge in [-0.05, 0) is 43.4 Å². The summed E-state index contributed by atoms with van der Waals surface area (Å²) >= 11 is 5.71. The van der Waals surface area contributed by atoms with Crippen LogP contribution < -0.4 is 4.90 Å². The maximum absolute atomic E-state index is 13.7. The summed E-state index contributed by atoms with van der Waals surface area (Å²) in [5.74, 6) is -1.24. The molecule has 1 aliphatic carbocycles. The number of nitrogens with zero attached hydrogens (tertiary/aromatic N) is 2. The van der Waals surface area contributed by atoms with Gasteiger partial charge < -0.3 is 10.0 Å². The summed E-state index contributed by atoms with van der Waals surface area (Å²) in [6.07, 6.45) is 3.18. The SMILES string of the molecule is O=C1C(N2C[C@@H]3CCC[C@@]3(C(=O)O)C2)CCN1c1ccc(Cl)c(F)c1.